The van der Waals surface area contributed by atoms with Gasteiger partial charge in [-0.3, -0.25) is 0 Å². The van der Waals surface area contributed by atoms with E-state index in [1.165, 1.54) is 18.4 Å². The van der Waals surface area contributed by atoms with E-state index >= 15 is 0 Å². The summed E-state index contributed by atoms with van der Waals surface area (Å²) in [6.45, 7) is 2.80. The third-order valence-corrected chi connectivity index (χ3v) is 3.92. The van der Waals surface area contributed by atoms with Crippen LogP contribution < -0.4 is 10.2 Å². The second kappa shape index (κ2) is 7.40. The number of rotatable bonds is 6. The summed E-state index contributed by atoms with van der Waals surface area (Å²) in [6.07, 6.45) is 4.42. The Morgan fingerprint density at radius 2 is 1.82 bits per heavy atom. The SMILES string of the molecule is Clc1nc(NCCCc2ccccc2)nc(N2CCCC2)n1. The molecule has 1 saturated heterocycles. The van der Waals surface area contributed by atoms with Gasteiger partial charge in [-0.15, -0.1) is 0 Å². The highest BCUT2D eigenvalue weighted by Gasteiger charge is 2.16. The second-order valence-electron chi connectivity index (χ2n) is 5.44. The molecule has 5 nitrogen and oxygen atoms in total. The summed E-state index contributed by atoms with van der Waals surface area (Å²) in [5.74, 6) is 1.25. The smallest absolute Gasteiger partial charge is 0.231 e. The number of benzene rings is 1. The molecule has 22 heavy (non-hydrogen) atoms. The van der Waals surface area contributed by atoms with Crippen LogP contribution in [0.25, 0.3) is 0 Å². The second-order valence-corrected chi connectivity index (χ2v) is 5.78. The van der Waals surface area contributed by atoms with Crippen LogP contribution in [0.2, 0.25) is 5.28 Å². The largest absolute Gasteiger partial charge is 0.354 e. The van der Waals surface area contributed by atoms with Crippen molar-refractivity contribution in [2.24, 2.45) is 0 Å². The summed E-state index contributed by atoms with van der Waals surface area (Å²) < 4.78 is 0. The van der Waals surface area contributed by atoms with Crippen molar-refractivity contribution >= 4 is 23.5 Å². The minimum absolute atomic E-state index is 0.252. The summed E-state index contributed by atoms with van der Waals surface area (Å²) in [7, 11) is 0. The van der Waals surface area contributed by atoms with Crippen molar-refractivity contribution in [3.05, 3.63) is 41.2 Å². The molecule has 1 aromatic heterocycles. The van der Waals surface area contributed by atoms with Gasteiger partial charge in [0.25, 0.3) is 0 Å². The van der Waals surface area contributed by atoms with Crippen LogP contribution in [0.4, 0.5) is 11.9 Å². The van der Waals surface area contributed by atoms with E-state index in [1.807, 2.05) is 6.07 Å². The maximum Gasteiger partial charge on any atom is 0.231 e. The third-order valence-electron chi connectivity index (χ3n) is 3.75. The lowest BCUT2D eigenvalue weighted by Gasteiger charge is -2.15. The first-order valence-corrected chi connectivity index (χ1v) is 8.13. The van der Waals surface area contributed by atoms with Crippen LogP contribution in [-0.4, -0.2) is 34.6 Å². The van der Waals surface area contributed by atoms with Gasteiger partial charge in [-0.05, 0) is 42.8 Å². The minimum Gasteiger partial charge on any atom is -0.354 e. The molecule has 3 rings (SSSR count). The first-order chi connectivity index (χ1) is 10.8. The molecule has 2 aromatic rings. The third kappa shape index (κ3) is 4.07. The highest BCUT2D eigenvalue weighted by Crippen LogP contribution is 2.18. The predicted octanol–water partition coefficient (Wildman–Crippen LogP) is 3.17. The van der Waals surface area contributed by atoms with Gasteiger partial charge in [0.2, 0.25) is 17.2 Å². The van der Waals surface area contributed by atoms with Crippen LogP contribution in [0.5, 0.6) is 0 Å². The van der Waals surface area contributed by atoms with Crippen molar-refractivity contribution in [3.63, 3.8) is 0 Å². The summed E-state index contributed by atoms with van der Waals surface area (Å²) in [6, 6.07) is 10.5. The normalized spacial score (nSPS) is 14.3. The Morgan fingerprint density at radius 1 is 1.05 bits per heavy atom. The number of anilines is 2. The molecule has 2 heterocycles. The van der Waals surface area contributed by atoms with Gasteiger partial charge in [-0.25, -0.2) is 0 Å². The number of hydrogen-bond donors (Lipinski definition) is 1. The van der Waals surface area contributed by atoms with E-state index in [4.69, 9.17) is 11.6 Å². The Hall–Kier alpha value is -1.88. The molecule has 116 valence electrons. The fourth-order valence-corrected chi connectivity index (χ4v) is 2.77. The Morgan fingerprint density at radius 3 is 2.59 bits per heavy atom. The molecule has 0 saturated carbocycles. The highest BCUT2D eigenvalue weighted by atomic mass is 35.5. The molecule has 1 N–H and O–H groups in total. The van der Waals surface area contributed by atoms with E-state index in [0.29, 0.717) is 11.9 Å². The minimum atomic E-state index is 0.252. The molecule has 6 heteroatoms. The molecular weight excluding hydrogens is 298 g/mol. The van der Waals surface area contributed by atoms with Gasteiger partial charge in [0.05, 0.1) is 0 Å². The Balaban J connectivity index is 1.53. The molecule has 0 aliphatic carbocycles. The first kappa shape index (κ1) is 15.0. The molecule has 0 atom stereocenters. The zero-order chi connectivity index (χ0) is 15.2. The lowest BCUT2D eigenvalue weighted by Crippen LogP contribution is -2.21. The van der Waals surface area contributed by atoms with Gasteiger partial charge < -0.3 is 10.2 Å². The number of halogens is 1. The van der Waals surface area contributed by atoms with Crippen molar-refractivity contribution in [2.45, 2.75) is 25.7 Å². The van der Waals surface area contributed by atoms with E-state index < -0.39 is 0 Å². The van der Waals surface area contributed by atoms with Gasteiger partial charge in [0, 0.05) is 19.6 Å². The zero-order valence-corrected chi connectivity index (χ0v) is 13.3. The molecular formula is C16H20ClN5. The fraction of sp³-hybridized carbons (Fsp3) is 0.438. The van der Waals surface area contributed by atoms with Crippen molar-refractivity contribution in [3.8, 4) is 0 Å². The topological polar surface area (TPSA) is 53.9 Å². The van der Waals surface area contributed by atoms with Crippen LogP contribution in [0.3, 0.4) is 0 Å². The Kier molecular flexibility index (Phi) is 5.06. The number of aryl methyl sites for hydroxylation is 1. The molecule has 1 fully saturated rings. The average molecular weight is 318 g/mol. The van der Waals surface area contributed by atoms with E-state index in [9.17, 15) is 0 Å². The summed E-state index contributed by atoms with van der Waals surface area (Å²) in [5, 5.41) is 3.50. The highest BCUT2D eigenvalue weighted by molar-refractivity contribution is 6.28. The standard InChI is InChI=1S/C16H20ClN5/c17-14-19-15(21-16(20-14)22-11-4-5-12-22)18-10-6-9-13-7-2-1-3-8-13/h1-3,7-8H,4-6,9-12H2,(H,18,19,20,21). The Bertz CT molecular complexity index is 599. The van der Waals surface area contributed by atoms with Gasteiger partial charge >= 0.3 is 0 Å². The molecule has 0 unspecified atom stereocenters. The number of nitrogens with zero attached hydrogens (tertiary/aromatic N) is 4. The zero-order valence-electron chi connectivity index (χ0n) is 12.5. The van der Waals surface area contributed by atoms with Crippen molar-refractivity contribution in [2.75, 3.05) is 29.9 Å². The van der Waals surface area contributed by atoms with Crippen LogP contribution in [0.1, 0.15) is 24.8 Å². The lowest BCUT2D eigenvalue weighted by molar-refractivity contribution is 0.838. The van der Waals surface area contributed by atoms with Crippen molar-refractivity contribution in [1.29, 1.82) is 0 Å². The van der Waals surface area contributed by atoms with Crippen LogP contribution in [0, 0.1) is 0 Å². The summed E-state index contributed by atoms with van der Waals surface area (Å²) in [4.78, 5) is 15.0. The van der Waals surface area contributed by atoms with E-state index in [1.54, 1.807) is 0 Å². The summed E-state index contributed by atoms with van der Waals surface area (Å²) >= 11 is 6.01. The molecule has 0 amide bonds. The number of aromatic nitrogens is 3. The number of nitrogens with one attached hydrogen (secondary N) is 1. The Labute approximate surface area is 135 Å². The number of hydrogen-bond acceptors (Lipinski definition) is 5. The van der Waals surface area contributed by atoms with Gasteiger partial charge in [0.15, 0.2) is 0 Å². The van der Waals surface area contributed by atoms with Gasteiger partial charge in [0.1, 0.15) is 0 Å². The maximum atomic E-state index is 6.01. The van der Waals surface area contributed by atoms with Crippen LogP contribution >= 0.6 is 11.6 Å². The molecule has 0 radical (unpaired) electrons. The monoisotopic (exact) mass is 317 g/mol. The predicted molar refractivity (Wildman–Crippen MR) is 89.5 cm³/mol. The van der Waals surface area contributed by atoms with E-state index in [-0.39, 0.29) is 5.28 Å². The summed E-state index contributed by atoms with van der Waals surface area (Å²) in [5.41, 5.74) is 1.34. The van der Waals surface area contributed by atoms with Gasteiger partial charge in [-0.1, -0.05) is 30.3 Å². The molecule has 0 bridgehead atoms. The molecule has 1 aliphatic heterocycles. The maximum absolute atomic E-state index is 6.01. The van der Waals surface area contributed by atoms with Crippen molar-refractivity contribution < 1.29 is 0 Å². The van der Waals surface area contributed by atoms with Crippen LogP contribution in [0.15, 0.2) is 30.3 Å². The molecule has 1 aliphatic rings. The van der Waals surface area contributed by atoms with Crippen LogP contribution in [-0.2, 0) is 6.42 Å². The van der Waals surface area contributed by atoms with Gasteiger partial charge in [-0.2, -0.15) is 15.0 Å². The lowest BCUT2D eigenvalue weighted by atomic mass is 10.1. The molecule has 1 aromatic carbocycles. The molecule has 0 spiro atoms. The fourth-order valence-electron chi connectivity index (χ4n) is 2.61. The average Bonchev–Trinajstić information content (AvgIpc) is 3.07. The quantitative estimate of drug-likeness (QED) is 0.829. The van der Waals surface area contributed by atoms with Crippen molar-refractivity contribution in [1.82, 2.24) is 15.0 Å². The first-order valence-electron chi connectivity index (χ1n) is 7.75. The van der Waals surface area contributed by atoms with E-state index in [0.717, 1.165) is 32.5 Å². The van der Waals surface area contributed by atoms with E-state index in [2.05, 4.69) is 49.4 Å².